The van der Waals surface area contributed by atoms with Crippen molar-refractivity contribution in [3.63, 3.8) is 0 Å². The highest BCUT2D eigenvalue weighted by Crippen LogP contribution is 2.19. The molecular weight excluding hydrogens is 288 g/mol. The van der Waals surface area contributed by atoms with E-state index in [9.17, 15) is 0 Å². The molecule has 0 aliphatic heterocycles. The molecule has 2 aromatic rings. The molecule has 2 rings (SSSR count). The van der Waals surface area contributed by atoms with Gasteiger partial charge >= 0.3 is 0 Å². The van der Waals surface area contributed by atoms with Crippen molar-refractivity contribution in [1.29, 1.82) is 0 Å². The van der Waals surface area contributed by atoms with Gasteiger partial charge < -0.3 is 5.73 Å². The van der Waals surface area contributed by atoms with E-state index in [4.69, 9.17) is 5.73 Å². The molecule has 1 atom stereocenters. The van der Waals surface area contributed by atoms with Gasteiger partial charge in [0.15, 0.2) is 0 Å². The monoisotopic (exact) mass is 304 g/mol. The molecule has 1 heterocycles. The number of benzene rings is 1. The number of nitrogens with zero attached hydrogens (tertiary/aromatic N) is 1. The first-order valence-corrected chi connectivity index (χ1v) is 6.78. The number of hydrogen-bond acceptors (Lipinski definition) is 2. The van der Waals surface area contributed by atoms with E-state index in [1.807, 2.05) is 18.3 Å². The average molecular weight is 305 g/mol. The van der Waals surface area contributed by atoms with Crippen molar-refractivity contribution in [1.82, 2.24) is 4.98 Å². The highest BCUT2D eigenvalue weighted by molar-refractivity contribution is 9.10. The van der Waals surface area contributed by atoms with Gasteiger partial charge in [-0.05, 0) is 58.6 Å². The number of halogens is 1. The molecule has 0 amide bonds. The van der Waals surface area contributed by atoms with Crippen LogP contribution >= 0.6 is 15.9 Å². The van der Waals surface area contributed by atoms with Crippen LogP contribution in [0, 0.1) is 13.8 Å². The second-order valence-electron chi connectivity index (χ2n) is 4.62. The Morgan fingerprint density at radius 2 is 1.94 bits per heavy atom. The molecule has 0 saturated carbocycles. The van der Waals surface area contributed by atoms with Crippen LogP contribution in [-0.2, 0) is 6.42 Å². The maximum absolute atomic E-state index is 6.23. The van der Waals surface area contributed by atoms with Crippen molar-refractivity contribution >= 4 is 15.9 Å². The lowest BCUT2D eigenvalue weighted by Gasteiger charge is -2.13. The molecule has 94 valence electrons. The van der Waals surface area contributed by atoms with Gasteiger partial charge in [-0.3, -0.25) is 4.98 Å². The van der Waals surface area contributed by atoms with Crippen LogP contribution in [-0.4, -0.2) is 4.98 Å². The Bertz CT molecular complexity index is 535. The fourth-order valence-corrected chi connectivity index (χ4v) is 2.10. The molecule has 1 unspecified atom stereocenters. The first kappa shape index (κ1) is 13.2. The van der Waals surface area contributed by atoms with Gasteiger partial charge in [0, 0.05) is 28.8 Å². The topological polar surface area (TPSA) is 38.9 Å². The van der Waals surface area contributed by atoms with Crippen LogP contribution in [0.4, 0.5) is 0 Å². The van der Waals surface area contributed by atoms with Crippen molar-refractivity contribution in [3.8, 4) is 0 Å². The first-order chi connectivity index (χ1) is 8.56. The van der Waals surface area contributed by atoms with Crippen LogP contribution in [0.15, 0.2) is 41.0 Å². The van der Waals surface area contributed by atoms with E-state index >= 15 is 0 Å². The molecule has 18 heavy (non-hydrogen) atoms. The van der Waals surface area contributed by atoms with Crippen LogP contribution in [0.25, 0.3) is 0 Å². The average Bonchev–Trinajstić information content (AvgIpc) is 2.35. The second kappa shape index (κ2) is 5.63. The molecule has 0 aliphatic carbocycles. The molecule has 1 aromatic heterocycles. The summed E-state index contributed by atoms with van der Waals surface area (Å²) >= 11 is 3.38. The summed E-state index contributed by atoms with van der Waals surface area (Å²) in [5.41, 5.74) is 11.0. The summed E-state index contributed by atoms with van der Waals surface area (Å²) in [6.07, 6.45) is 2.57. The van der Waals surface area contributed by atoms with Gasteiger partial charge in [-0.1, -0.05) is 18.2 Å². The minimum Gasteiger partial charge on any atom is -0.324 e. The number of aryl methyl sites for hydroxylation is 2. The Kier molecular flexibility index (Phi) is 4.15. The summed E-state index contributed by atoms with van der Waals surface area (Å²) in [7, 11) is 0. The molecule has 2 nitrogen and oxygen atoms in total. The van der Waals surface area contributed by atoms with Gasteiger partial charge in [0.1, 0.15) is 0 Å². The SMILES string of the molecule is Cc1ccc(C(N)Cc2ccc(Br)cn2)cc1C. The minimum atomic E-state index is -0.00187. The molecule has 0 aliphatic rings. The van der Waals surface area contributed by atoms with Gasteiger partial charge in [-0.25, -0.2) is 0 Å². The van der Waals surface area contributed by atoms with Crippen LogP contribution in [0.3, 0.4) is 0 Å². The van der Waals surface area contributed by atoms with E-state index in [2.05, 4.69) is 53.0 Å². The number of hydrogen-bond donors (Lipinski definition) is 1. The minimum absolute atomic E-state index is 0.00187. The standard InChI is InChI=1S/C15H17BrN2/c1-10-3-4-12(7-11(10)2)15(17)8-14-6-5-13(16)9-18-14/h3-7,9,15H,8,17H2,1-2H3. The molecule has 2 N–H and O–H groups in total. The van der Waals surface area contributed by atoms with Gasteiger partial charge in [0.05, 0.1) is 0 Å². The highest BCUT2D eigenvalue weighted by atomic mass is 79.9. The van der Waals surface area contributed by atoms with E-state index < -0.39 is 0 Å². The lowest BCUT2D eigenvalue weighted by atomic mass is 9.98. The van der Waals surface area contributed by atoms with Crippen LogP contribution < -0.4 is 5.73 Å². The third-order valence-electron chi connectivity index (χ3n) is 3.18. The Balaban J connectivity index is 2.13. The zero-order chi connectivity index (χ0) is 13.1. The van der Waals surface area contributed by atoms with Crippen molar-refractivity contribution in [2.24, 2.45) is 5.73 Å². The van der Waals surface area contributed by atoms with E-state index in [0.29, 0.717) is 0 Å². The zero-order valence-corrected chi connectivity index (χ0v) is 12.2. The van der Waals surface area contributed by atoms with E-state index in [-0.39, 0.29) is 6.04 Å². The van der Waals surface area contributed by atoms with Crippen molar-refractivity contribution in [2.45, 2.75) is 26.3 Å². The van der Waals surface area contributed by atoms with Crippen LogP contribution in [0.2, 0.25) is 0 Å². The quantitative estimate of drug-likeness (QED) is 0.939. The lowest BCUT2D eigenvalue weighted by molar-refractivity contribution is 0.705. The first-order valence-electron chi connectivity index (χ1n) is 5.99. The lowest BCUT2D eigenvalue weighted by Crippen LogP contribution is -2.14. The largest absolute Gasteiger partial charge is 0.324 e. The molecule has 0 bridgehead atoms. The number of rotatable bonds is 3. The van der Waals surface area contributed by atoms with Crippen LogP contribution in [0.5, 0.6) is 0 Å². The predicted octanol–water partition coefficient (Wildman–Crippen LogP) is 3.70. The van der Waals surface area contributed by atoms with Crippen LogP contribution in [0.1, 0.15) is 28.4 Å². The Morgan fingerprint density at radius 3 is 2.56 bits per heavy atom. The summed E-state index contributed by atoms with van der Waals surface area (Å²) in [6.45, 7) is 4.23. The smallest absolute Gasteiger partial charge is 0.0423 e. The summed E-state index contributed by atoms with van der Waals surface area (Å²) in [5, 5.41) is 0. The Hall–Kier alpha value is -1.19. The summed E-state index contributed by atoms with van der Waals surface area (Å²) < 4.78 is 0.992. The van der Waals surface area contributed by atoms with Gasteiger partial charge in [0.2, 0.25) is 0 Å². The van der Waals surface area contributed by atoms with E-state index in [0.717, 1.165) is 16.6 Å². The molecule has 1 aromatic carbocycles. The van der Waals surface area contributed by atoms with E-state index in [1.54, 1.807) is 0 Å². The highest BCUT2D eigenvalue weighted by Gasteiger charge is 2.08. The molecule has 0 spiro atoms. The maximum Gasteiger partial charge on any atom is 0.0423 e. The number of nitrogens with two attached hydrogens (primary N) is 1. The normalized spacial score (nSPS) is 12.4. The zero-order valence-electron chi connectivity index (χ0n) is 10.7. The summed E-state index contributed by atoms with van der Waals surface area (Å²) in [4.78, 5) is 4.36. The van der Waals surface area contributed by atoms with E-state index in [1.165, 1.54) is 16.7 Å². The second-order valence-corrected chi connectivity index (χ2v) is 5.54. The fraction of sp³-hybridized carbons (Fsp3) is 0.267. The number of aromatic nitrogens is 1. The van der Waals surface area contributed by atoms with Gasteiger partial charge in [-0.15, -0.1) is 0 Å². The predicted molar refractivity (Wildman–Crippen MR) is 78.5 cm³/mol. The molecular formula is C15H17BrN2. The van der Waals surface area contributed by atoms with Crippen molar-refractivity contribution in [3.05, 3.63) is 63.4 Å². The van der Waals surface area contributed by atoms with Crippen molar-refractivity contribution in [2.75, 3.05) is 0 Å². The molecule has 3 heteroatoms. The summed E-state index contributed by atoms with van der Waals surface area (Å²) in [6, 6.07) is 10.4. The maximum atomic E-state index is 6.23. The molecule has 0 radical (unpaired) electrons. The third-order valence-corrected chi connectivity index (χ3v) is 3.65. The van der Waals surface area contributed by atoms with Gasteiger partial charge in [0.25, 0.3) is 0 Å². The fourth-order valence-electron chi connectivity index (χ4n) is 1.87. The molecule has 0 fully saturated rings. The van der Waals surface area contributed by atoms with Gasteiger partial charge in [-0.2, -0.15) is 0 Å². The molecule has 0 saturated heterocycles. The number of pyridine rings is 1. The third kappa shape index (κ3) is 3.18. The Morgan fingerprint density at radius 1 is 1.17 bits per heavy atom. The Labute approximate surface area is 116 Å². The summed E-state index contributed by atoms with van der Waals surface area (Å²) in [5.74, 6) is 0. The van der Waals surface area contributed by atoms with Crippen molar-refractivity contribution < 1.29 is 0 Å².